The van der Waals surface area contributed by atoms with Crippen LogP contribution in [-0.2, 0) is 4.74 Å². The van der Waals surface area contributed by atoms with E-state index in [1.807, 2.05) is 0 Å². The van der Waals surface area contributed by atoms with E-state index < -0.39 is 5.97 Å². The van der Waals surface area contributed by atoms with Crippen molar-refractivity contribution in [1.29, 1.82) is 0 Å². The van der Waals surface area contributed by atoms with Gasteiger partial charge in [0.05, 0.1) is 12.2 Å². The Hall–Kier alpha value is -1.00. The van der Waals surface area contributed by atoms with Crippen LogP contribution < -0.4 is 0 Å². The van der Waals surface area contributed by atoms with E-state index >= 15 is 0 Å². The molecule has 0 atom stereocenters. The van der Waals surface area contributed by atoms with Gasteiger partial charge in [0.15, 0.2) is 5.78 Å². The zero-order valence-electron chi connectivity index (χ0n) is 9.40. The molecule has 92 valence electrons. The minimum absolute atomic E-state index is 0.0830. The van der Waals surface area contributed by atoms with Gasteiger partial charge < -0.3 is 4.74 Å². The molecule has 0 unspecified atom stereocenters. The van der Waals surface area contributed by atoms with Gasteiger partial charge in [0.2, 0.25) is 0 Å². The Bertz CT molecular complexity index is 432. The summed E-state index contributed by atoms with van der Waals surface area (Å²) in [6, 6.07) is 4.66. The van der Waals surface area contributed by atoms with E-state index in [-0.39, 0.29) is 18.1 Å². The number of halogens is 1. The molecule has 1 aromatic carbocycles. The number of benzene rings is 1. The van der Waals surface area contributed by atoms with Crippen molar-refractivity contribution >= 4 is 36.0 Å². The van der Waals surface area contributed by atoms with E-state index in [0.29, 0.717) is 22.6 Å². The highest BCUT2D eigenvalue weighted by Crippen LogP contribution is 2.18. The predicted molar refractivity (Wildman–Crippen MR) is 69.3 cm³/mol. The fourth-order valence-corrected chi connectivity index (χ4v) is 1.84. The highest BCUT2D eigenvalue weighted by Gasteiger charge is 2.13. The maximum absolute atomic E-state index is 11.6. The van der Waals surface area contributed by atoms with Crippen molar-refractivity contribution in [2.45, 2.75) is 18.2 Å². The summed E-state index contributed by atoms with van der Waals surface area (Å²) < 4.78 is 4.85. The second-order valence-electron chi connectivity index (χ2n) is 3.31. The minimum atomic E-state index is -0.417. The Kier molecular flexibility index (Phi) is 5.51. The van der Waals surface area contributed by atoms with Gasteiger partial charge in [-0.3, -0.25) is 4.79 Å². The molecule has 0 amide bonds. The zero-order chi connectivity index (χ0) is 12.8. The molecule has 0 saturated heterocycles. The van der Waals surface area contributed by atoms with Crippen molar-refractivity contribution in [2.75, 3.05) is 12.5 Å². The summed E-state index contributed by atoms with van der Waals surface area (Å²) in [5.74, 6) is -0.231. The molecule has 0 aliphatic heterocycles. The van der Waals surface area contributed by atoms with E-state index in [4.69, 9.17) is 16.3 Å². The molecule has 0 bridgehead atoms. The summed E-state index contributed by atoms with van der Waals surface area (Å²) in [6.07, 6.45) is 0.258. The van der Waals surface area contributed by atoms with E-state index in [2.05, 4.69) is 12.6 Å². The van der Waals surface area contributed by atoms with Crippen molar-refractivity contribution in [3.8, 4) is 0 Å². The first-order chi connectivity index (χ1) is 8.10. The molecule has 0 fully saturated rings. The predicted octanol–water partition coefficient (Wildman–Crippen LogP) is 2.96. The van der Waals surface area contributed by atoms with Gasteiger partial charge in [-0.25, -0.2) is 4.79 Å². The van der Waals surface area contributed by atoms with Gasteiger partial charge >= 0.3 is 5.97 Å². The number of ketones is 1. The molecule has 1 aromatic rings. The van der Waals surface area contributed by atoms with Gasteiger partial charge in [-0.05, 0) is 25.1 Å². The number of alkyl halides is 1. The van der Waals surface area contributed by atoms with Crippen LogP contribution in [0.3, 0.4) is 0 Å². The molecule has 5 heteroatoms. The number of ether oxygens (including phenoxy) is 1. The standard InChI is InChI=1S/C12H13ClO3S/c1-2-16-12(15)8-3-4-9(11(17)7-8)10(14)5-6-13/h3-4,7,17H,2,5-6H2,1H3. The Morgan fingerprint density at radius 3 is 2.65 bits per heavy atom. The second kappa shape index (κ2) is 6.67. The number of hydrogen-bond acceptors (Lipinski definition) is 4. The molecular formula is C12H13ClO3S. The van der Waals surface area contributed by atoms with Crippen molar-refractivity contribution < 1.29 is 14.3 Å². The number of carbonyl (C=O) groups excluding carboxylic acids is 2. The number of hydrogen-bond donors (Lipinski definition) is 1. The molecule has 17 heavy (non-hydrogen) atoms. The third-order valence-corrected chi connectivity index (χ3v) is 2.69. The number of thiol groups is 1. The third-order valence-electron chi connectivity index (χ3n) is 2.13. The molecule has 0 spiro atoms. The van der Waals surface area contributed by atoms with Gasteiger partial charge in [-0.15, -0.1) is 24.2 Å². The Morgan fingerprint density at radius 2 is 2.12 bits per heavy atom. The molecule has 0 aliphatic carbocycles. The molecule has 1 rings (SSSR count). The second-order valence-corrected chi connectivity index (χ2v) is 4.17. The van der Waals surface area contributed by atoms with Crippen LogP contribution in [0, 0.1) is 0 Å². The van der Waals surface area contributed by atoms with Gasteiger partial charge in [0, 0.05) is 22.8 Å². The average molecular weight is 273 g/mol. The smallest absolute Gasteiger partial charge is 0.338 e. The SMILES string of the molecule is CCOC(=O)c1ccc(C(=O)CCCl)c(S)c1. The van der Waals surface area contributed by atoms with Gasteiger partial charge in [-0.1, -0.05) is 0 Å². The summed E-state index contributed by atoms with van der Waals surface area (Å²) >= 11 is 9.69. The minimum Gasteiger partial charge on any atom is -0.462 e. The van der Waals surface area contributed by atoms with Crippen LogP contribution >= 0.6 is 24.2 Å². The first-order valence-electron chi connectivity index (χ1n) is 5.19. The van der Waals surface area contributed by atoms with Gasteiger partial charge in [0.25, 0.3) is 0 Å². The normalized spacial score (nSPS) is 10.1. The van der Waals surface area contributed by atoms with Crippen molar-refractivity contribution in [3.05, 3.63) is 29.3 Å². The maximum Gasteiger partial charge on any atom is 0.338 e. The molecule has 0 radical (unpaired) electrons. The number of carbonyl (C=O) groups is 2. The highest BCUT2D eigenvalue weighted by molar-refractivity contribution is 7.80. The Morgan fingerprint density at radius 1 is 1.41 bits per heavy atom. The van der Waals surface area contributed by atoms with Gasteiger partial charge in [-0.2, -0.15) is 0 Å². The fourth-order valence-electron chi connectivity index (χ4n) is 1.33. The lowest BCUT2D eigenvalue weighted by Crippen LogP contribution is -2.07. The number of Topliss-reactive ketones (excluding diaryl/α,β-unsaturated/α-hetero) is 1. The van der Waals surface area contributed by atoms with Crippen LogP contribution in [0.2, 0.25) is 0 Å². The summed E-state index contributed by atoms with van der Waals surface area (Å²) in [6.45, 7) is 2.05. The Balaban J connectivity index is 2.93. The van der Waals surface area contributed by atoms with Crippen LogP contribution in [0.5, 0.6) is 0 Å². The first-order valence-corrected chi connectivity index (χ1v) is 6.17. The van der Waals surface area contributed by atoms with E-state index in [1.54, 1.807) is 19.1 Å². The van der Waals surface area contributed by atoms with Crippen molar-refractivity contribution in [1.82, 2.24) is 0 Å². The number of rotatable bonds is 5. The highest BCUT2D eigenvalue weighted by atomic mass is 35.5. The third kappa shape index (κ3) is 3.75. The molecule has 0 aliphatic rings. The topological polar surface area (TPSA) is 43.4 Å². The first kappa shape index (κ1) is 14.1. The Labute approximate surface area is 111 Å². The van der Waals surface area contributed by atoms with Crippen LogP contribution in [0.15, 0.2) is 23.1 Å². The van der Waals surface area contributed by atoms with Gasteiger partial charge in [0.1, 0.15) is 0 Å². The van der Waals surface area contributed by atoms with Crippen LogP contribution in [0.25, 0.3) is 0 Å². The van der Waals surface area contributed by atoms with E-state index in [9.17, 15) is 9.59 Å². The fraction of sp³-hybridized carbons (Fsp3) is 0.333. The summed E-state index contributed by atoms with van der Waals surface area (Å²) in [7, 11) is 0. The van der Waals surface area contributed by atoms with Crippen LogP contribution in [-0.4, -0.2) is 24.2 Å². The lowest BCUT2D eigenvalue weighted by Gasteiger charge is -2.06. The molecule has 0 aromatic heterocycles. The molecular weight excluding hydrogens is 260 g/mol. The maximum atomic E-state index is 11.6. The van der Waals surface area contributed by atoms with Crippen molar-refractivity contribution in [3.63, 3.8) is 0 Å². The van der Waals surface area contributed by atoms with Crippen LogP contribution in [0.1, 0.15) is 34.1 Å². The van der Waals surface area contributed by atoms with E-state index in [1.165, 1.54) is 6.07 Å². The molecule has 0 N–H and O–H groups in total. The van der Waals surface area contributed by atoms with Crippen molar-refractivity contribution in [2.24, 2.45) is 0 Å². The van der Waals surface area contributed by atoms with Crippen LogP contribution in [0.4, 0.5) is 0 Å². The summed E-state index contributed by atoms with van der Waals surface area (Å²) in [5.41, 5.74) is 0.862. The largest absolute Gasteiger partial charge is 0.462 e. The number of esters is 1. The molecule has 0 saturated carbocycles. The van der Waals surface area contributed by atoms with E-state index in [0.717, 1.165) is 0 Å². The average Bonchev–Trinajstić information content (AvgIpc) is 2.29. The quantitative estimate of drug-likeness (QED) is 0.388. The summed E-state index contributed by atoms with van der Waals surface area (Å²) in [5, 5.41) is 0. The lowest BCUT2D eigenvalue weighted by molar-refractivity contribution is 0.0525. The molecule has 0 heterocycles. The molecule has 3 nitrogen and oxygen atoms in total. The lowest BCUT2D eigenvalue weighted by atomic mass is 10.1. The zero-order valence-corrected chi connectivity index (χ0v) is 11.1. The summed E-state index contributed by atoms with van der Waals surface area (Å²) in [4.78, 5) is 23.5. The monoisotopic (exact) mass is 272 g/mol.